The molecule has 4 nitrogen and oxygen atoms in total. The van der Waals surface area contributed by atoms with Crippen LogP contribution in [0.15, 0.2) is 24.3 Å². The minimum absolute atomic E-state index is 0.0402. The van der Waals surface area contributed by atoms with Crippen molar-refractivity contribution in [2.75, 3.05) is 0 Å². The van der Waals surface area contributed by atoms with Crippen LogP contribution < -0.4 is 0 Å². The summed E-state index contributed by atoms with van der Waals surface area (Å²) in [6.07, 6.45) is 1.60. The van der Waals surface area contributed by atoms with Crippen LogP contribution in [0.3, 0.4) is 0 Å². The molecule has 0 saturated heterocycles. The van der Waals surface area contributed by atoms with E-state index in [1.54, 1.807) is 13.0 Å². The Morgan fingerprint density at radius 3 is 2.67 bits per heavy atom. The smallest absolute Gasteiger partial charge is 0.328 e. The molecule has 0 saturated carbocycles. The molecule has 0 fully saturated rings. The van der Waals surface area contributed by atoms with Crippen molar-refractivity contribution in [3.05, 3.63) is 35.4 Å². The monoisotopic (exact) mass is 208 g/mol. The lowest BCUT2D eigenvalue weighted by molar-refractivity contribution is -0.131. The van der Waals surface area contributed by atoms with Gasteiger partial charge in [-0.05, 0) is 36.3 Å². The average molecular weight is 208 g/mol. The Hall–Kier alpha value is -1.81. The number of carboxylic acid groups (broad SMARTS) is 1. The van der Waals surface area contributed by atoms with Gasteiger partial charge in [-0.1, -0.05) is 6.07 Å². The molecule has 0 aromatic heterocycles. The van der Waals surface area contributed by atoms with Crippen LogP contribution in [-0.2, 0) is 4.79 Å². The molecular weight excluding hydrogens is 196 g/mol. The summed E-state index contributed by atoms with van der Waals surface area (Å²) < 4.78 is 0. The van der Waals surface area contributed by atoms with Crippen LogP contribution in [0.4, 0.5) is 0 Å². The van der Waals surface area contributed by atoms with Crippen molar-refractivity contribution >= 4 is 12.0 Å². The van der Waals surface area contributed by atoms with Gasteiger partial charge in [0.1, 0.15) is 5.75 Å². The summed E-state index contributed by atoms with van der Waals surface area (Å²) in [6, 6.07) is 4.40. The molecule has 0 aliphatic carbocycles. The molecule has 15 heavy (non-hydrogen) atoms. The number of carbonyl (C=O) groups is 1. The molecule has 0 amide bonds. The fourth-order valence-electron chi connectivity index (χ4n) is 1.24. The molecule has 0 aliphatic heterocycles. The summed E-state index contributed by atoms with van der Waals surface area (Å²) in [4.78, 5) is 10.3. The summed E-state index contributed by atoms with van der Waals surface area (Å²) >= 11 is 0. The van der Waals surface area contributed by atoms with Crippen molar-refractivity contribution in [2.45, 2.75) is 13.0 Å². The number of phenols is 1. The van der Waals surface area contributed by atoms with E-state index < -0.39 is 12.1 Å². The molecule has 0 bridgehead atoms. The van der Waals surface area contributed by atoms with E-state index in [0.717, 1.165) is 6.08 Å². The largest absolute Gasteiger partial charge is 0.508 e. The molecule has 1 aromatic rings. The number of hydrogen-bond acceptors (Lipinski definition) is 3. The lowest BCUT2D eigenvalue weighted by atomic mass is 10.0. The summed E-state index contributed by atoms with van der Waals surface area (Å²) in [5.41, 5.74) is 1.07. The van der Waals surface area contributed by atoms with E-state index >= 15 is 0 Å². The molecule has 0 heterocycles. The third kappa shape index (κ3) is 3.11. The van der Waals surface area contributed by atoms with Crippen molar-refractivity contribution in [3.63, 3.8) is 0 Å². The predicted octanol–water partition coefficient (Wildman–Crippen LogP) is 1.54. The Bertz CT molecular complexity index is 394. The fraction of sp³-hybridized carbons (Fsp3) is 0.182. The zero-order valence-electron chi connectivity index (χ0n) is 8.21. The van der Waals surface area contributed by atoms with E-state index in [9.17, 15) is 15.0 Å². The molecule has 0 aliphatic rings. The molecular formula is C11H12O4. The molecule has 0 radical (unpaired) electrons. The predicted molar refractivity (Wildman–Crippen MR) is 55.4 cm³/mol. The first kappa shape index (κ1) is 11.3. The highest BCUT2D eigenvalue weighted by molar-refractivity contribution is 5.85. The van der Waals surface area contributed by atoms with E-state index in [1.807, 2.05) is 0 Å². The van der Waals surface area contributed by atoms with Crippen molar-refractivity contribution < 1.29 is 20.1 Å². The fourth-order valence-corrected chi connectivity index (χ4v) is 1.24. The topological polar surface area (TPSA) is 77.8 Å². The minimum atomic E-state index is -1.06. The average Bonchev–Trinajstić information content (AvgIpc) is 2.15. The maximum absolute atomic E-state index is 10.3. The highest BCUT2D eigenvalue weighted by Crippen LogP contribution is 2.23. The minimum Gasteiger partial charge on any atom is -0.508 e. The van der Waals surface area contributed by atoms with Crippen molar-refractivity contribution in [2.24, 2.45) is 0 Å². The van der Waals surface area contributed by atoms with Crippen LogP contribution in [0.5, 0.6) is 5.75 Å². The van der Waals surface area contributed by atoms with Gasteiger partial charge in [0.25, 0.3) is 0 Å². The molecule has 4 heteroatoms. The molecule has 1 aromatic carbocycles. The third-order valence-corrected chi connectivity index (χ3v) is 1.93. The van der Waals surface area contributed by atoms with Crippen LogP contribution in [-0.4, -0.2) is 21.3 Å². The maximum atomic E-state index is 10.3. The Kier molecular flexibility index (Phi) is 3.46. The standard InChI is InChI=1S/C11H12O4/c1-7(12)10-6-9(13)4-2-8(10)3-5-11(14)15/h2-7,12-13H,1H3,(H,14,15)/b5-3+. The second kappa shape index (κ2) is 4.61. The number of rotatable bonds is 3. The zero-order chi connectivity index (χ0) is 11.4. The number of benzene rings is 1. The quantitative estimate of drug-likeness (QED) is 0.658. The summed E-state index contributed by atoms with van der Waals surface area (Å²) in [7, 11) is 0. The van der Waals surface area contributed by atoms with Crippen LogP contribution >= 0.6 is 0 Å². The van der Waals surface area contributed by atoms with Crippen molar-refractivity contribution in [1.29, 1.82) is 0 Å². The lowest BCUT2D eigenvalue weighted by Crippen LogP contribution is -1.95. The van der Waals surface area contributed by atoms with E-state index in [-0.39, 0.29) is 5.75 Å². The zero-order valence-corrected chi connectivity index (χ0v) is 8.21. The molecule has 0 spiro atoms. The summed E-state index contributed by atoms with van der Waals surface area (Å²) in [5, 5.41) is 27.1. The summed E-state index contributed by atoms with van der Waals surface area (Å²) in [6.45, 7) is 1.55. The van der Waals surface area contributed by atoms with Crippen LogP contribution in [0.1, 0.15) is 24.2 Å². The maximum Gasteiger partial charge on any atom is 0.328 e. The number of aliphatic hydroxyl groups is 1. The van der Waals surface area contributed by atoms with Gasteiger partial charge >= 0.3 is 5.97 Å². The molecule has 1 atom stereocenters. The van der Waals surface area contributed by atoms with E-state index in [1.165, 1.54) is 18.2 Å². The van der Waals surface area contributed by atoms with Crippen LogP contribution in [0, 0.1) is 0 Å². The Morgan fingerprint density at radius 2 is 2.13 bits per heavy atom. The van der Waals surface area contributed by atoms with Gasteiger partial charge in [0.05, 0.1) is 6.10 Å². The first-order valence-electron chi connectivity index (χ1n) is 4.42. The molecule has 1 unspecified atom stereocenters. The Labute approximate surface area is 87.1 Å². The molecule has 1 rings (SSSR count). The second-order valence-electron chi connectivity index (χ2n) is 3.16. The van der Waals surface area contributed by atoms with Gasteiger partial charge in [-0.15, -0.1) is 0 Å². The number of carboxylic acids is 1. The van der Waals surface area contributed by atoms with E-state index in [0.29, 0.717) is 11.1 Å². The van der Waals surface area contributed by atoms with Crippen LogP contribution in [0.25, 0.3) is 6.08 Å². The lowest BCUT2D eigenvalue weighted by Gasteiger charge is -2.09. The summed E-state index contributed by atoms with van der Waals surface area (Å²) in [5.74, 6) is -1.02. The van der Waals surface area contributed by atoms with Crippen molar-refractivity contribution in [3.8, 4) is 5.75 Å². The first-order valence-corrected chi connectivity index (χ1v) is 4.42. The number of hydrogen-bond donors (Lipinski definition) is 3. The van der Waals surface area contributed by atoms with Crippen molar-refractivity contribution in [1.82, 2.24) is 0 Å². The van der Waals surface area contributed by atoms with Gasteiger partial charge in [-0.3, -0.25) is 0 Å². The van der Waals surface area contributed by atoms with Gasteiger partial charge in [-0.2, -0.15) is 0 Å². The van der Waals surface area contributed by atoms with Crippen LogP contribution in [0.2, 0.25) is 0 Å². The third-order valence-electron chi connectivity index (χ3n) is 1.93. The van der Waals surface area contributed by atoms with E-state index in [4.69, 9.17) is 5.11 Å². The SMILES string of the molecule is CC(O)c1cc(O)ccc1/C=C/C(=O)O. The van der Waals surface area contributed by atoms with Gasteiger partial charge in [-0.25, -0.2) is 4.79 Å². The number of aliphatic carboxylic acids is 1. The van der Waals surface area contributed by atoms with Gasteiger partial charge < -0.3 is 15.3 Å². The van der Waals surface area contributed by atoms with E-state index in [2.05, 4.69) is 0 Å². The highest BCUT2D eigenvalue weighted by Gasteiger charge is 2.06. The Morgan fingerprint density at radius 1 is 1.47 bits per heavy atom. The number of aliphatic hydroxyl groups excluding tert-OH is 1. The molecule has 3 N–H and O–H groups in total. The van der Waals surface area contributed by atoms with Gasteiger partial charge in [0.2, 0.25) is 0 Å². The van der Waals surface area contributed by atoms with Gasteiger partial charge in [0, 0.05) is 6.08 Å². The highest BCUT2D eigenvalue weighted by atomic mass is 16.4. The Balaban J connectivity index is 3.11. The van der Waals surface area contributed by atoms with Gasteiger partial charge in [0.15, 0.2) is 0 Å². The molecule has 80 valence electrons. The normalized spacial score (nSPS) is 12.9. The number of phenolic OH excluding ortho intramolecular Hbond substituents is 1. The number of aromatic hydroxyl groups is 1. The first-order chi connectivity index (χ1) is 7.00. The second-order valence-corrected chi connectivity index (χ2v) is 3.16.